The zero-order valence-corrected chi connectivity index (χ0v) is 4.78. The average Bonchev–Trinajstić information content (AvgIpc) is 1.38. The van der Waals surface area contributed by atoms with Crippen LogP contribution in [-0.2, 0) is 0 Å². The van der Waals surface area contributed by atoms with Crippen LogP contribution >= 0.6 is 0 Å². The van der Waals surface area contributed by atoms with Gasteiger partial charge in [0, 0.05) is 0 Å². The van der Waals surface area contributed by atoms with E-state index in [1.54, 1.807) is 0 Å². The van der Waals surface area contributed by atoms with E-state index in [1.165, 1.54) is 0 Å². The van der Waals surface area contributed by atoms with Crippen LogP contribution in [0.25, 0.3) is 5.73 Å². The van der Waals surface area contributed by atoms with Crippen molar-refractivity contribution in [2.75, 3.05) is 0 Å². The van der Waals surface area contributed by atoms with Crippen LogP contribution in [0.5, 0.6) is 0 Å². The molecule has 0 amide bonds. The van der Waals surface area contributed by atoms with Crippen LogP contribution in [0.3, 0.4) is 0 Å². The van der Waals surface area contributed by atoms with Crippen molar-refractivity contribution in [1.82, 2.24) is 0 Å². The maximum absolute atomic E-state index is 6.83. The van der Waals surface area contributed by atoms with Gasteiger partial charge in [-0.05, 0) is 0 Å². The molecule has 0 heterocycles. The van der Waals surface area contributed by atoms with E-state index >= 15 is 0 Å². The number of hydrogen-bond acceptors (Lipinski definition) is 0. The van der Waals surface area contributed by atoms with Crippen molar-refractivity contribution in [3.05, 3.63) is 5.73 Å². The third-order valence-corrected chi connectivity index (χ3v) is 0.612. The third kappa shape index (κ3) is 8.82. The van der Waals surface area contributed by atoms with Gasteiger partial charge in [0.25, 0.3) is 0 Å². The maximum Gasteiger partial charge on any atom is 1.00 e. The van der Waals surface area contributed by atoms with Crippen LogP contribution in [0, 0.1) is 0 Å². The van der Waals surface area contributed by atoms with Crippen LogP contribution in [0.2, 0.25) is 0 Å². The predicted molar refractivity (Wildman–Crippen MR) is 24.1 cm³/mol. The molecule has 0 radical (unpaired) electrons. The number of hydrogen-bond donors (Lipinski definition) is 0. The van der Waals surface area contributed by atoms with Crippen LogP contribution < -0.4 is 18.9 Å². The van der Waals surface area contributed by atoms with E-state index < -0.39 is 0 Å². The molecule has 0 rings (SSSR count). The van der Waals surface area contributed by atoms with Gasteiger partial charge in [-0.2, -0.15) is 0 Å². The summed E-state index contributed by atoms with van der Waals surface area (Å²) in [5.41, 5.74) is 6.83. The minimum atomic E-state index is 0. The Labute approximate surface area is 51.5 Å². The first-order valence-electron chi connectivity index (χ1n) is 1.98. The topological polar surface area (TPSA) is 23.8 Å². The molecule has 2 heteroatoms. The number of rotatable bonds is 1. The standard InChI is InChI=1S/C4H10N.Li/c1-3-4(2)5;/h4-5H,3H2,1-2H3;/q-1;+1/t4-;/m0./s1. The van der Waals surface area contributed by atoms with E-state index in [0.717, 1.165) is 6.42 Å². The van der Waals surface area contributed by atoms with Crippen molar-refractivity contribution in [2.45, 2.75) is 26.3 Å². The molecule has 6 heavy (non-hydrogen) atoms. The summed E-state index contributed by atoms with van der Waals surface area (Å²) >= 11 is 0. The monoisotopic (exact) mass is 79.1 g/mol. The fourth-order valence-corrected chi connectivity index (χ4v) is 0. The Morgan fingerprint density at radius 1 is 1.67 bits per heavy atom. The molecule has 0 aliphatic heterocycles. The largest absolute Gasteiger partial charge is 1.00 e. The number of nitrogens with one attached hydrogen (secondary N) is 1. The summed E-state index contributed by atoms with van der Waals surface area (Å²) in [6, 6.07) is 0.134. The molecule has 0 aromatic rings. The second-order valence-corrected chi connectivity index (χ2v) is 1.31. The van der Waals surface area contributed by atoms with E-state index in [4.69, 9.17) is 5.73 Å². The first kappa shape index (κ1) is 9.75. The minimum Gasteiger partial charge on any atom is -0.675 e. The van der Waals surface area contributed by atoms with E-state index in [-0.39, 0.29) is 24.9 Å². The van der Waals surface area contributed by atoms with E-state index in [0.29, 0.717) is 0 Å². The molecule has 0 aliphatic carbocycles. The Balaban J connectivity index is 0. The Bertz CT molecular complexity index is 21.5. The summed E-state index contributed by atoms with van der Waals surface area (Å²) in [6.07, 6.45) is 0.972. The van der Waals surface area contributed by atoms with E-state index in [2.05, 4.69) is 0 Å². The SMILES string of the molecule is CC[C@H](C)[NH-].[Li+]. The summed E-state index contributed by atoms with van der Waals surface area (Å²) in [6.45, 7) is 3.90. The molecule has 1 atom stereocenters. The van der Waals surface area contributed by atoms with Crippen molar-refractivity contribution in [1.29, 1.82) is 0 Å². The van der Waals surface area contributed by atoms with E-state index in [9.17, 15) is 0 Å². The van der Waals surface area contributed by atoms with Crippen LogP contribution in [-0.4, -0.2) is 6.04 Å². The molecule has 0 aliphatic rings. The molecule has 0 unspecified atom stereocenters. The zero-order valence-electron chi connectivity index (χ0n) is 4.78. The molecule has 32 valence electrons. The third-order valence-electron chi connectivity index (χ3n) is 0.612. The Kier molecular flexibility index (Phi) is 9.03. The van der Waals surface area contributed by atoms with Crippen LogP contribution in [0.15, 0.2) is 0 Å². The Hall–Kier alpha value is 0.557. The molecule has 0 fully saturated rings. The van der Waals surface area contributed by atoms with Gasteiger partial charge < -0.3 is 5.73 Å². The van der Waals surface area contributed by atoms with Gasteiger partial charge in [-0.3, -0.25) is 0 Å². The summed E-state index contributed by atoms with van der Waals surface area (Å²) < 4.78 is 0. The molecular formula is C4H10LiN. The first-order valence-corrected chi connectivity index (χ1v) is 1.98. The van der Waals surface area contributed by atoms with Gasteiger partial charge in [-0.25, -0.2) is 0 Å². The normalized spacial score (nSPS) is 12.5. The van der Waals surface area contributed by atoms with Crippen LogP contribution in [0.1, 0.15) is 20.3 Å². The predicted octanol–water partition coefficient (Wildman–Crippen LogP) is -1.16. The van der Waals surface area contributed by atoms with Gasteiger partial charge in [-0.1, -0.05) is 20.3 Å². The maximum atomic E-state index is 6.83. The molecular weight excluding hydrogens is 69.0 g/mol. The second-order valence-electron chi connectivity index (χ2n) is 1.31. The van der Waals surface area contributed by atoms with Crippen molar-refractivity contribution in [3.63, 3.8) is 0 Å². The van der Waals surface area contributed by atoms with Gasteiger partial charge in [-0.15, -0.1) is 6.04 Å². The van der Waals surface area contributed by atoms with Crippen molar-refractivity contribution < 1.29 is 18.9 Å². The fourth-order valence-electron chi connectivity index (χ4n) is 0. The Morgan fingerprint density at radius 3 is 1.83 bits per heavy atom. The average molecular weight is 79.1 g/mol. The molecule has 0 aromatic heterocycles. The second kappa shape index (κ2) is 5.56. The molecule has 0 aromatic carbocycles. The molecule has 0 saturated carbocycles. The van der Waals surface area contributed by atoms with Gasteiger partial charge in [0.05, 0.1) is 0 Å². The van der Waals surface area contributed by atoms with Gasteiger partial charge in [0.15, 0.2) is 0 Å². The quantitative estimate of drug-likeness (QED) is 0.354. The molecule has 1 N–H and O–H groups in total. The van der Waals surface area contributed by atoms with Crippen LogP contribution in [0.4, 0.5) is 0 Å². The Morgan fingerprint density at radius 2 is 1.83 bits per heavy atom. The first-order chi connectivity index (χ1) is 2.27. The minimum absolute atomic E-state index is 0. The smallest absolute Gasteiger partial charge is 0.675 e. The van der Waals surface area contributed by atoms with Crippen molar-refractivity contribution in [2.24, 2.45) is 0 Å². The summed E-state index contributed by atoms with van der Waals surface area (Å²) in [5, 5.41) is 0. The molecule has 0 spiro atoms. The van der Waals surface area contributed by atoms with E-state index in [1.807, 2.05) is 13.8 Å². The fraction of sp³-hybridized carbons (Fsp3) is 1.00. The molecule has 1 nitrogen and oxygen atoms in total. The summed E-state index contributed by atoms with van der Waals surface area (Å²) in [5.74, 6) is 0. The van der Waals surface area contributed by atoms with Crippen molar-refractivity contribution in [3.8, 4) is 0 Å². The summed E-state index contributed by atoms with van der Waals surface area (Å²) in [7, 11) is 0. The van der Waals surface area contributed by atoms with Gasteiger partial charge in [0.1, 0.15) is 0 Å². The molecule has 0 bridgehead atoms. The molecule has 0 saturated heterocycles. The van der Waals surface area contributed by atoms with Gasteiger partial charge >= 0.3 is 18.9 Å². The van der Waals surface area contributed by atoms with Gasteiger partial charge in [0.2, 0.25) is 0 Å². The summed E-state index contributed by atoms with van der Waals surface area (Å²) in [4.78, 5) is 0. The zero-order chi connectivity index (χ0) is 4.28. The van der Waals surface area contributed by atoms with Crippen molar-refractivity contribution >= 4 is 0 Å².